The summed E-state index contributed by atoms with van der Waals surface area (Å²) in [5.41, 5.74) is 1.13. The SMILES string of the molecule is CCOc1ccc(Nc2nc(C#C[C@](C)(O)CC)nc3c2ncn3C(C)C)cc1. The molecule has 0 bridgehead atoms. The summed E-state index contributed by atoms with van der Waals surface area (Å²) in [5, 5.41) is 13.5. The maximum absolute atomic E-state index is 10.2. The maximum Gasteiger partial charge on any atom is 0.209 e. The van der Waals surface area contributed by atoms with Crippen LogP contribution in [0.2, 0.25) is 0 Å². The molecule has 2 N–H and O–H groups in total. The number of imidazole rings is 1. The van der Waals surface area contributed by atoms with Crippen molar-refractivity contribution in [1.29, 1.82) is 0 Å². The molecule has 0 fully saturated rings. The van der Waals surface area contributed by atoms with E-state index in [0.29, 0.717) is 35.8 Å². The average molecular weight is 393 g/mol. The molecule has 0 radical (unpaired) electrons. The number of nitrogens with one attached hydrogen (secondary N) is 1. The van der Waals surface area contributed by atoms with Crippen LogP contribution in [0.3, 0.4) is 0 Å². The Balaban J connectivity index is 2.04. The second-order valence-corrected chi connectivity index (χ2v) is 7.27. The quantitative estimate of drug-likeness (QED) is 0.614. The molecule has 152 valence electrons. The maximum atomic E-state index is 10.2. The van der Waals surface area contributed by atoms with Gasteiger partial charge in [0, 0.05) is 11.7 Å². The molecule has 1 atom stereocenters. The highest BCUT2D eigenvalue weighted by Crippen LogP contribution is 2.25. The number of nitrogens with zero attached hydrogens (tertiary/aromatic N) is 4. The van der Waals surface area contributed by atoms with E-state index in [1.807, 2.05) is 42.7 Å². The molecular weight excluding hydrogens is 366 g/mol. The summed E-state index contributed by atoms with van der Waals surface area (Å²) < 4.78 is 7.47. The molecule has 0 aliphatic rings. The minimum absolute atomic E-state index is 0.188. The number of benzene rings is 1. The van der Waals surface area contributed by atoms with Gasteiger partial charge in [0.05, 0.1) is 12.9 Å². The van der Waals surface area contributed by atoms with E-state index >= 15 is 0 Å². The van der Waals surface area contributed by atoms with Gasteiger partial charge in [0.15, 0.2) is 17.0 Å². The molecule has 3 rings (SSSR count). The third-order valence-corrected chi connectivity index (χ3v) is 4.54. The van der Waals surface area contributed by atoms with Crippen LogP contribution in [0.5, 0.6) is 5.75 Å². The van der Waals surface area contributed by atoms with E-state index < -0.39 is 5.60 Å². The summed E-state index contributed by atoms with van der Waals surface area (Å²) >= 11 is 0. The fraction of sp³-hybridized carbons (Fsp3) is 0.409. The van der Waals surface area contributed by atoms with E-state index in [0.717, 1.165) is 11.4 Å². The van der Waals surface area contributed by atoms with Gasteiger partial charge in [-0.05, 0) is 64.3 Å². The van der Waals surface area contributed by atoms with Crippen molar-refractivity contribution in [2.24, 2.45) is 0 Å². The Kier molecular flexibility index (Phi) is 6.04. The molecule has 0 unspecified atom stereocenters. The predicted molar refractivity (Wildman–Crippen MR) is 114 cm³/mol. The molecule has 0 saturated carbocycles. The van der Waals surface area contributed by atoms with Crippen molar-refractivity contribution in [2.75, 3.05) is 11.9 Å². The number of aromatic nitrogens is 4. The van der Waals surface area contributed by atoms with Crippen LogP contribution >= 0.6 is 0 Å². The van der Waals surface area contributed by atoms with Crippen molar-refractivity contribution in [1.82, 2.24) is 19.5 Å². The van der Waals surface area contributed by atoms with Crippen LogP contribution in [0.15, 0.2) is 30.6 Å². The number of rotatable bonds is 6. The summed E-state index contributed by atoms with van der Waals surface area (Å²) in [5.74, 6) is 7.47. The lowest BCUT2D eigenvalue weighted by atomic mass is 10.1. The first-order valence-corrected chi connectivity index (χ1v) is 9.83. The first kappa shape index (κ1) is 20.6. The summed E-state index contributed by atoms with van der Waals surface area (Å²) in [7, 11) is 0. The van der Waals surface area contributed by atoms with Crippen molar-refractivity contribution in [3.8, 4) is 17.6 Å². The number of ether oxygens (including phenoxy) is 1. The second-order valence-electron chi connectivity index (χ2n) is 7.27. The van der Waals surface area contributed by atoms with E-state index in [-0.39, 0.29) is 6.04 Å². The van der Waals surface area contributed by atoms with Crippen molar-refractivity contribution in [3.05, 3.63) is 36.4 Å². The third-order valence-electron chi connectivity index (χ3n) is 4.54. The molecule has 1 aromatic carbocycles. The Morgan fingerprint density at radius 2 is 1.93 bits per heavy atom. The highest BCUT2D eigenvalue weighted by Gasteiger charge is 2.16. The second kappa shape index (κ2) is 8.50. The first-order valence-electron chi connectivity index (χ1n) is 9.83. The fourth-order valence-corrected chi connectivity index (χ4v) is 2.65. The molecule has 0 saturated heterocycles. The molecule has 29 heavy (non-hydrogen) atoms. The zero-order valence-electron chi connectivity index (χ0n) is 17.5. The zero-order valence-corrected chi connectivity index (χ0v) is 17.5. The Labute approximate surface area is 171 Å². The lowest BCUT2D eigenvalue weighted by Crippen LogP contribution is -2.19. The largest absolute Gasteiger partial charge is 0.494 e. The Morgan fingerprint density at radius 1 is 1.21 bits per heavy atom. The van der Waals surface area contributed by atoms with Gasteiger partial charge in [0.2, 0.25) is 5.82 Å². The molecule has 2 aromatic heterocycles. The normalized spacial score (nSPS) is 13.1. The molecule has 0 aliphatic heterocycles. The Morgan fingerprint density at radius 3 is 2.55 bits per heavy atom. The van der Waals surface area contributed by atoms with Crippen molar-refractivity contribution >= 4 is 22.7 Å². The molecular formula is C22H27N5O2. The fourth-order valence-electron chi connectivity index (χ4n) is 2.65. The summed E-state index contributed by atoms with van der Waals surface area (Å²) in [6.45, 7) is 10.3. The zero-order chi connectivity index (χ0) is 21.0. The van der Waals surface area contributed by atoms with Gasteiger partial charge in [0.25, 0.3) is 0 Å². The third kappa shape index (κ3) is 4.84. The molecule has 2 heterocycles. The minimum atomic E-state index is -1.08. The van der Waals surface area contributed by atoms with E-state index in [4.69, 9.17) is 4.74 Å². The van der Waals surface area contributed by atoms with Gasteiger partial charge < -0.3 is 19.7 Å². The van der Waals surface area contributed by atoms with Gasteiger partial charge in [-0.3, -0.25) is 0 Å². The van der Waals surface area contributed by atoms with Crippen LogP contribution in [0.25, 0.3) is 11.2 Å². The Bertz CT molecular complexity index is 1040. The van der Waals surface area contributed by atoms with Gasteiger partial charge in [0.1, 0.15) is 11.4 Å². The summed E-state index contributed by atoms with van der Waals surface area (Å²) in [4.78, 5) is 13.6. The number of hydrogen-bond donors (Lipinski definition) is 2. The van der Waals surface area contributed by atoms with Crippen LogP contribution in [-0.4, -0.2) is 36.8 Å². The predicted octanol–water partition coefficient (Wildman–Crippen LogP) is 4.06. The summed E-state index contributed by atoms with van der Waals surface area (Å²) in [6, 6.07) is 7.83. The number of aliphatic hydroxyl groups is 1. The molecule has 0 aliphatic carbocycles. The molecule has 0 amide bonds. The van der Waals surface area contributed by atoms with Crippen LogP contribution in [-0.2, 0) is 0 Å². The van der Waals surface area contributed by atoms with Crippen molar-refractivity contribution in [2.45, 2.75) is 52.7 Å². The highest BCUT2D eigenvalue weighted by atomic mass is 16.5. The van der Waals surface area contributed by atoms with Gasteiger partial charge in [-0.25, -0.2) is 15.0 Å². The lowest BCUT2D eigenvalue weighted by Gasteiger charge is -2.12. The first-order chi connectivity index (χ1) is 13.8. The molecule has 0 spiro atoms. The standard InChI is InChI=1S/C22H27N5O2/c1-6-22(5,28)13-12-18-25-20(19-21(26-18)27(14-23-19)15(3)4)24-16-8-10-17(11-9-16)29-7-2/h8-11,14-15,28H,6-7H2,1-5H3,(H,24,25,26)/t22-/m1/s1. The smallest absolute Gasteiger partial charge is 0.209 e. The summed E-state index contributed by atoms with van der Waals surface area (Å²) in [6.07, 6.45) is 2.27. The van der Waals surface area contributed by atoms with Crippen LogP contribution < -0.4 is 10.1 Å². The van der Waals surface area contributed by atoms with E-state index in [9.17, 15) is 5.11 Å². The Hall–Kier alpha value is -3.11. The van der Waals surface area contributed by atoms with Crippen LogP contribution in [0, 0.1) is 11.8 Å². The van der Waals surface area contributed by atoms with Gasteiger partial charge in [-0.15, -0.1) is 0 Å². The van der Waals surface area contributed by atoms with E-state index in [1.165, 1.54) is 0 Å². The van der Waals surface area contributed by atoms with Gasteiger partial charge >= 0.3 is 0 Å². The number of anilines is 2. The van der Waals surface area contributed by atoms with Gasteiger partial charge in [-0.1, -0.05) is 12.8 Å². The monoisotopic (exact) mass is 393 g/mol. The number of hydrogen-bond acceptors (Lipinski definition) is 6. The van der Waals surface area contributed by atoms with E-state index in [2.05, 4.69) is 46.0 Å². The van der Waals surface area contributed by atoms with Crippen LogP contribution in [0.1, 0.15) is 52.9 Å². The van der Waals surface area contributed by atoms with Crippen molar-refractivity contribution < 1.29 is 9.84 Å². The molecule has 3 aromatic rings. The van der Waals surface area contributed by atoms with Crippen molar-refractivity contribution in [3.63, 3.8) is 0 Å². The minimum Gasteiger partial charge on any atom is -0.494 e. The van der Waals surface area contributed by atoms with Crippen LogP contribution in [0.4, 0.5) is 11.5 Å². The average Bonchev–Trinajstić information content (AvgIpc) is 3.13. The highest BCUT2D eigenvalue weighted by molar-refractivity contribution is 5.85. The van der Waals surface area contributed by atoms with Gasteiger partial charge in [-0.2, -0.15) is 0 Å². The molecule has 7 nitrogen and oxygen atoms in total. The number of fused-ring (bicyclic) bond motifs is 1. The lowest BCUT2D eigenvalue weighted by molar-refractivity contribution is 0.118. The van der Waals surface area contributed by atoms with E-state index in [1.54, 1.807) is 13.3 Å². The molecule has 7 heteroatoms. The topological polar surface area (TPSA) is 85.1 Å².